The van der Waals surface area contributed by atoms with Crippen molar-refractivity contribution in [1.29, 1.82) is 0 Å². The molecule has 5 nitrogen and oxygen atoms in total. The molecule has 114 valence electrons. The molecule has 0 fully saturated rings. The lowest BCUT2D eigenvalue weighted by Crippen LogP contribution is -2.12. The van der Waals surface area contributed by atoms with Crippen molar-refractivity contribution in [2.24, 2.45) is 0 Å². The fourth-order valence-electron chi connectivity index (χ4n) is 2.13. The molecule has 0 aliphatic heterocycles. The van der Waals surface area contributed by atoms with Crippen molar-refractivity contribution >= 4 is 11.6 Å². The highest BCUT2D eigenvalue weighted by molar-refractivity contribution is 6.04. The first-order valence-electron chi connectivity index (χ1n) is 7.08. The molecule has 0 saturated heterocycles. The quantitative estimate of drug-likeness (QED) is 0.802. The summed E-state index contributed by atoms with van der Waals surface area (Å²) in [4.78, 5) is 20.6. The van der Waals surface area contributed by atoms with E-state index in [0.29, 0.717) is 17.1 Å². The second kappa shape index (κ2) is 6.70. The number of benzene rings is 1. The van der Waals surface area contributed by atoms with Gasteiger partial charge in [0.25, 0.3) is 5.91 Å². The van der Waals surface area contributed by atoms with E-state index in [4.69, 9.17) is 4.74 Å². The van der Waals surface area contributed by atoms with E-state index in [1.165, 1.54) is 0 Å². The van der Waals surface area contributed by atoms with Crippen LogP contribution in [0.1, 0.15) is 10.4 Å². The Labute approximate surface area is 134 Å². The van der Waals surface area contributed by atoms with E-state index >= 15 is 0 Å². The SMILES string of the molecule is COc1ccc(NC(=O)c2cncc(-c3ccccc3)c2)cn1. The number of ether oxygens (including phenoxy) is 1. The first-order valence-corrected chi connectivity index (χ1v) is 7.08. The predicted molar refractivity (Wildman–Crippen MR) is 88.4 cm³/mol. The van der Waals surface area contributed by atoms with E-state index in [-0.39, 0.29) is 5.91 Å². The summed E-state index contributed by atoms with van der Waals surface area (Å²) in [6.07, 6.45) is 4.82. The zero-order valence-corrected chi connectivity index (χ0v) is 12.6. The monoisotopic (exact) mass is 305 g/mol. The Kier molecular flexibility index (Phi) is 4.29. The zero-order valence-electron chi connectivity index (χ0n) is 12.6. The Hall–Kier alpha value is -3.21. The number of aromatic nitrogens is 2. The number of pyridine rings is 2. The highest BCUT2D eigenvalue weighted by Crippen LogP contribution is 2.19. The van der Waals surface area contributed by atoms with Crippen molar-refractivity contribution in [2.75, 3.05) is 12.4 Å². The molecule has 0 bridgehead atoms. The molecule has 0 radical (unpaired) electrons. The van der Waals surface area contributed by atoms with Gasteiger partial charge in [-0.2, -0.15) is 0 Å². The molecule has 0 aliphatic rings. The standard InChI is InChI=1S/C18H15N3O2/c1-23-17-8-7-16(12-20-17)21-18(22)15-9-14(10-19-11-15)13-5-3-2-4-6-13/h2-12H,1H3,(H,21,22). The number of methoxy groups -OCH3 is 1. The third kappa shape index (κ3) is 3.52. The number of nitrogens with one attached hydrogen (secondary N) is 1. The van der Waals surface area contributed by atoms with Crippen molar-refractivity contribution < 1.29 is 9.53 Å². The number of hydrogen-bond donors (Lipinski definition) is 1. The van der Waals surface area contributed by atoms with Gasteiger partial charge in [0.1, 0.15) is 0 Å². The second-order valence-electron chi connectivity index (χ2n) is 4.87. The lowest BCUT2D eigenvalue weighted by atomic mass is 10.1. The number of nitrogens with zero attached hydrogens (tertiary/aromatic N) is 2. The van der Waals surface area contributed by atoms with Crippen LogP contribution in [0.5, 0.6) is 5.88 Å². The maximum absolute atomic E-state index is 12.3. The van der Waals surface area contributed by atoms with Gasteiger partial charge in [-0.25, -0.2) is 4.98 Å². The van der Waals surface area contributed by atoms with Gasteiger partial charge in [0.2, 0.25) is 5.88 Å². The van der Waals surface area contributed by atoms with Crippen LogP contribution in [0.4, 0.5) is 5.69 Å². The van der Waals surface area contributed by atoms with Gasteiger partial charge < -0.3 is 10.1 Å². The minimum absolute atomic E-state index is 0.234. The molecule has 2 heterocycles. The van der Waals surface area contributed by atoms with Crippen LogP contribution in [-0.2, 0) is 0 Å². The topological polar surface area (TPSA) is 64.1 Å². The molecular weight excluding hydrogens is 290 g/mol. The molecule has 23 heavy (non-hydrogen) atoms. The largest absolute Gasteiger partial charge is 0.481 e. The van der Waals surface area contributed by atoms with Gasteiger partial charge in [0, 0.05) is 24.0 Å². The summed E-state index contributed by atoms with van der Waals surface area (Å²) in [5.41, 5.74) is 3.00. The summed E-state index contributed by atoms with van der Waals surface area (Å²) in [6.45, 7) is 0. The highest BCUT2D eigenvalue weighted by Gasteiger charge is 2.09. The van der Waals surface area contributed by atoms with Crippen molar-refractivity contribution in [3.05, 3.63) is 72.7 Å². The predicted octanol–water partition coefficient (Wildman–Crippen LogP) is 3.40. The number of rotatable bonds is 4. The third-order valence-corrected chi connectivity index (χ3v) is 3.31. The van der Waals surface area contributed by atoms with Gasteiger partial charge >= 0.3 is 0 Å². The molecule has 1 N–H and O–H groups in total. The van der Waals surface area contributed by atoms with Gasteiger partial charge in [-0.15, -0.1) is 0 Å². The summed E-state index contributed by atoms with van der Waals surface area (Å²) >= 11 is 0. The Bertz CT molecular complexity index is 802. The molecule has 5 heteroatoms. The lowest BCUT2D eigenvalue weighted by molar-refractivity contribution is 0.102. The van der Waals surface area contributed by atoms with E-state index in [1.54, 1.807) is 37.8 Å². The van der Waals surface area contributed by atoms with E-state index in [1.807, 2.05) is 36.4 Å². The third-order valence-electron chi connectivity index (χ3n) is 3.31. The summed E-state index contributed by atoms with van der Waals surface area (Å²) in [6, 6.07) is 15.0. The molecule has 2 aromatic heterocycles. The van der Waals surface area contributed by atoms with E-state index in [0.717, 1.165) is 11.1 Å². The molecular formula is C18H15N3O2. The van der Waals surface area contributed by atoms with Gasteiger partial charge in [-0.1, -0.05) is 30.3 Å². The number of amides is 1. The Morgan fingerprint density at radius 3 is 2.52 bits per heavy atom. The normalized spacial score (nSPS) is 10.1. The first-order chi connectivity index (χ1) is 11.3. The summed E-state index contributed by atoms with van der Waals surface area (Å²) in [7, 11) is 1.54. The molecule has 0 aliphatic carbocycles. The van der Waals surface area contributed by atoms with Crippen LogP contribution >= 0.6 is 0 Å². The van der Waals surface area contributed by atoms with Crippen molar-refractivity contribution in [3.8, 4) is 17.0 Å². The molecule has 0 atom stereocenters. The Balaban J connectivity index is 1.79. The molecule has 0 saturated carbocycles. The van der Waals surface area contributed by atoms with Crippen LogP contribution in [0.15, 0.2) is 67.1 Å². The minimum Gasteiger partial charge on any atom is -0.481 e. The highest BCUT2D eigenvalue weighted by atomic mass is 16.5. The van der Waals surface area contributed by atoms with Gasteiger partial charge in [-0.05, 0) is 17.7 Å². The van der Waals surface area contributed by atoms with Gasteiger partial charge in [0.05, 0.1) is 24.6 Å². The fourth-order valence-corrected chi connectivity index (χ4v) is 2.13. The number of anilines is 1. The Morgan fingerprint density at radius 1 is 1.00 bits per heavy atom. The van der Waals surface area contributed by atoms with Crippen LogP contribution in [0.25, 0.3) is 11.1 Å². The van der Waals surface area contributed by atoms with Crippen LogP contribution in [0.2, 0.25) is 0 Å². The average molecular weight is 305 g/mol. The molecule has 0 unspecified atom stereocenters. The summed E-state index contributed by atoms with van der Waals surface area (Å²) in [5.74, 6) is 0.262. The summed E-state index contributed by atoms with van der Waals surface area (Å²) < 4.78 is 4.99. The van der Waals surface area contributed by atoms with Gasteiger partial charge in [-0.3, -0.25) is 9.78 Å². The van der Waals surface area contributed by atoms with Crippen LogP contribution in [-0.4, -0.2) is 23.0 Å². The van der Waals surface area contributed by atoms with E-state index in [9.17, 15) is 4.79 Å². The molecule has 0 spiro atoms. The summed E-state index contributed by atoms with van der Waals surface area (Å²) in [5, 5.41) is 2.79. The van der Waals surface area contributed by atoms with Crippen molar-refractivity contribution in [2.45, 2.75) is 0 Å². The van der Waals surface area contributed by atoms with Crippen molar-refractivity contribution in [1.82, 2.24) is 9.97 Å². The van der Waals surface area contributed by atoms with Gasteiger partial charge in [0.15, 0.2) is 0 Å². The average Bonchev–Trinajstić information content (AvgIpc) is 2.63. The van der Waals surface area contributed by atoms with Crippen LogP contribution < -0.4 is 10.1 Å². The van der Waals surface area contributed by atoms with Crippen molar-refractivity contribution in [3.63, 3.8) is 0 Å². The van der Waals surface area contributed by atoms with E-state index < -0.39 is 0 Å². The fraction of sp³-hybridized carbons (Fsp3) is 0.0556. The number of hydrogen-bond acceptors (Lipinski definition) is 4. The molecule has 3 rings (SSSR count). The zero-order chi connectivity index (χ0) is 16.1. The minimum atomic E-state index is -0.234. The molecule has 1 amide bonds. The lowest BCUT2D eigenvalue weighted by Gasteiger charge is -2.07. The Morgan fingerprint density at radius 2 is 1.83 bits per heavy atom. The molecule has 3 aromatic rings. The first kappa shape index (κ1) is 14.7. The number of carbonyl (C=O) groups excluding carboxylic acids is 1. The number of carbonyl (C=O) groups is 1. The molecule has 1 aromatic carbocycles. The van der Waals surface area contributed by atoms with Crippen LogP contribution in [0.3, 0.4) is 0 Å². The maximum Gasteiger partial charge on any atom is 0.257 e. The van der Waals surface area contributed by atoms with Crippen LogP contribution in [0, 0.1) is 0 Å². The maximum atomic E-state index is 12.3. The smallest absolute Gasteiger partial charge is 0.257 e. The second-order valence-corrected chi connectivity index (χ2v) is 4.87. The van der Waals surface area contributed by atoms with E-state index in [2.05, 4.69) is 15.3 Å².